The van der Waals surface area contributed by atoms with Gasteiger partial charge in [0.15, 0.2) is 0 Å². The van der Waals surface area contributed by atoms with Gasteiger partial charge in [-0.2, -0.15) is 0 Å². The molecule has 0 aliphatic heterocycles. The molecule has 1 radical (unpaired) electrons. The summed E-state index contributed by atoms with van der Waals surface area (Å²) in [6.07, 6.45) is 0. The van der Waals surface area contributed by atoms with Crippen molar-refractivity contribution >= 4 is 69.6 Å². The van der Waals surface area contributed by atoms with E-state index in [4.69, 9.17) is 69.6 Å². The second-order valence-corrected chi connectivity index (χ2v) is 4.70. The monoisotopic (exact) mass is 295 g/mol. The fourth-order valence-electron chi connectivity index (χ4n) is 0.689. The van der Waals surface area contributed by atoms with Gasteiger partial charge in [0.05, 0.1) is 20.1 Å². The zero-order valence-corrected chi connectivity index (χ0v) is 10.4. The number of rotatable bonds is 1. The lowest BCUT2D eigenvalue weighted by Crippen LogP contribution is -1.87. The van der Waals surface area contributed by atoms with Crippen LogP contribution >= 0.6 is 69.6 Å². The van der Waals surface area contributed by atoms with Crippen molar-refractivity contribution in [1.29, 1.82) is 0 Å². The second-order valence-electron chi connectivity index (χ2n) is 2.10. The van der Waals surface area contributed by atoms with Crippen molar-refractivity contribution < 1.29 is 0 Å². The Balaban J connectivity index is 3.41. The van der Waals surface area contributed by atoms with Crippen LogP contribution in [-0.2, 0) is 0 Å². The molecule has 0 aliphatic carbocycles. The van der Waals surface area contributed by atoms with Crippen LogP contribution in [0.5, 0.6) is 0 Å². The fraction of sp³-hybridized carbons (Fsp3) is 0.143. The molecular weight excluding hydrogens is 297 g/mol. The predicted octanol–water partition coefficient (Wildman–Crippen LogP) is 5.58. The number of benzene rings is 1. The summed E-state index contributed by atoms with van der Waals surface area (Å²) < 4.78 is 0. The molecule has 0 bridgehead atoms. The molecule has 0 spiro atoms. The average Bonchev–Trinajstić information content (AvgIpc) is 2.07. The van der Waals surface area contributed by atoms with E-state index in [1.807, 2.05) is 0 Å². The zero-order valence-electron chi connectivity index (χ0n) is 5.85. The Morgan fingerprint density at radius 2 is 1.38 bits per heavy atom. The first-order chi connectivity index (χ1) is 5.95. The van der Waals surface area contributed by atoms with Crippen molar-refractivity contribution in [2.24, 2.45) is 0 Å². The van der Waals surface area contributed by atoms with Crippen molar-refractivity contribution in [3.05, 3.63) is 31.7 Å². The lowest BCUT2D eigenvalue weighted by Gasteiger charge is -2.08. The van der Waals surface area contributed by atoms with Gasteiger partial charge in [-0.1, -0.05) is 69.6 Å². The molecule has 71 valence electrons. The number of halogens is 6. The van der Waals surface area contributed by atoms with Crippen LogP contribution in [0.1, 0.15) is 10.4 Å². The minimum atomic E-state index is -0.834. The molecule has 0 saturated carbocycles. The Morgan fingerprint density at radius 3 is 1.85 bits per heavy atom. The normalized spacial score (nSPS) is 11.0. The summed E-state index contributed by atoms with van der Waals surface area (Å²) in [5, 5.41) is 0.600. The summed E-state index contributed by atoms with van der Waals surface area (Å²) in [6.45, 7) is 0. The molecular formula is C7HCl6. The van der Waals surface area contributed by atoms with Gasteiger partial charge < -0.3 is 0 Å². The van der Waals surface area contributed by atoms with Crippen molar-refractivity contribution in [2.45, 2.75) is 4.84 Å². The Labute approximate surface area is 106 Å². The zero-order chi connectivity index (χ0) is 10.2. The molecule has 1 rings (SSSR count). The van der Waals surface area contributed by atoms with E-state index in [0.717, 1.165) is 0 Å². The van der Waals surface area contributed by atoms with Crippen LogP contribution in [0.3, 0.4) is 0 Å². The first-order valence-electron chi connectivity index (χ1n) is 2.98. The molecule has 0 saturated heterocycles. The summed E-state index contributed by atoms with van der Waals surface area (Å²) in [5.41, 5.74) is 0.324. The van der Waals surface area contributed by atoms with Crippen LogP contribution in [0.4, 0.5) is 0 Å². The third-order valence-corrected chi connectivity index (χ3v) is 3.44. The predicted molar refractivity (Wildman–Crippen MR) is 59.8 cm³/mol. The molecule has 0 nitrogen and oxygen atoms in total. The summed E-state index contributed by atoms with van der Waals surface area (Å²) in [4.78, 5) is -0.834. The molecule has 0 aliphatic rings. The highest BCUT2D eigenvalue weighted by Crippen LogP contribution is 2.42. The van der Waals surface area contributed by atoms with E-state index >= 15 is 0 Å². The van der Waals surface area contributed by atoms with Crippen LogP contribution in [0, 0.1) is 6.07 Å². The van der Waals surface area contributed by atoms with E-state index in [2.05, 4.69) is 6.07 Å². The van der Waals surface area contributed by atoms with Gasteiger partial charge in [0.2, 0.25) is 0 Å². The molecule has 13 heavy (non-hydrogen) atoms. The third kappa shape index (κ3) is 2.50. The summed E-state index contributed by atoms with van der Waals surface area (Å²) in [7, 11) is 0. The molecule has 0 fully saturated rings. The second kappa shape index (κ2) is 4.65. The van der Waals surface area contributed by atoms with Gasteiger partial charge in [-0.15, -0.1) is 0 Å². The topological polar surface area (TPSA) is 0 Å². The van der Waals surface area contributed by atoms with Crippen LogP contribution in [0.25, 0.3) is 0 Å². The number of hydrogen-bond acceptors (Lipinski definition) is 0. The van der Waals surface area contributed by atoms with Crippen LogP contribution in [0.15, 0.2) is 0 Å². The summed E-state index contributed by atoms with van der Waals surface area (Å²) in [6, 6.07) is 2.64. The highest BCUT2D eigenvalue weighted by atomic mass is 35.5. The third-order valence-electron chi connectivity index (χ3n) is 1.28. The van der Waals surface area contributed by atoms with E-state index in [0.29, 0.717) is 5.56 Å². The van der Waals surface area contributed by atoms with E-state index < -0.39 is 4.84 Å². The number of alkyl halides is 2. The molecule has 0 amide bonds. The SMILES string of the molecule is Clc1[c]c(C(Cl)Cl)c(Cl)c(Cl)c1Cl. The highest BCUT2D eigenvalue weighted by molar-refractivity contribution is 6.53. The maximum absolute atomic E-state index is 5.79. The minimum absolute atomic E-state index is 0.133. The quantitative estimate of drug-likeness (QED) is 0.361. The van der Waals surface area contributed by atoms with Crippen molar-refractivity contribution in [2.75, 3.05) is 0 Å². The minimum Gasteiger partial charge on any atom is -0.1000 e. The molecule has 0 N–H and O–H groups in total. The van der Waals surface area contributed by atoms with Crippen LogP contribution in [0.2, 0.25) is 20.1 Å². The standard InChI is InChI=1S/C7HCl6/c8-3-1-2(7(12)13)4(9)6(11)5(3)10/h7H. The van der Waals surface area contributed by atoms with Gasteiger partial charge >= 0.3 is 0 Å². The first-order valence-corrected chi connectivity index (χ1v) is 5.37. The van der Waals surface area contributed by atoms with E-state index in [9.17, 15) is 0 Å². The number of hydrogen-bond donors (Lipinski definition) is 0. The fourth-order valence-corrected chi connectivity index (χ4v) is 2.01. The summed E-state index contributed by atoms with van der Waals surface area (Å²) in [5.74, 6) is 0. The van der Waals surface area contributed by atoms with Gasteiger partial charge in [-0.25, -0.2) is 0 Å². The van der Waals surface area contributed by atoms with Gasteiger partial charge in [0, 0.05) is 11.6 Å². The Bertz CT molecular complexity index is 332. The van der Waals surface area contributed by atoms with Crippen molar-refractivity contribution in [1.82, 2.24) is 0 Å². The molecule has 0 heterocycles. The average molecular weight is 298 g/mol. The Kier molecular flexibility index (Phi) is 4.31. The van der Waals surface area contributed by atoms with E-state index in [1.54, 1.807) is 0 Å². The Morgan fingerprint density at radius 1 is 0.846 bits per heavy atom. The summed E-state index contributed by atoms with van der Waals surface area (Å²) >= 11 is 34.1. The van der Waals surface area contributed by atoms with Crippen LogP contribution in [-0.4, -0.2) is 0 Å². The largest absolute Gasteiger partial charge is 0.134 e. The molecule has 0 aromatic heterocycles. The van der Waals surface area contributed by atoms with Gasteiger partial charge in [-0.3, -0.25) is 0 Å². The van der Waals surface area contributed by atoms with Gasteiger partial charge in [0.25, 0.3) is 0 Å². The molecule has 0 unspecified atom stereocenters. The van der Waals surface area contributed by atoms with Crippen molar-refractivity contribution in [3.63, 3.8) is 0 Å². The molecule has 0 atom stereocenters. The Hall–Kier alpha value is 0.960. The first kappa shape index (κ1) is 12.0. The van der Waals surface area contributed by atoms with Crippen LogP contribution < -0.4 is 0 Å². The lowest BCUT2D eigenvalue weighted by molar-refractivity contribution is 1.34. The molecule has 6 heteroatoms. The molecule has 1 aromatic rings. The van der Waals surface area contributed by atoms with Crippen molar-refractivity contribution in [3.8, 4) is 0 Å². The van der Waals surface area contributed by atoms with Gasteiger partial charge in [-0.05, 0) is 0 Å². The maximum Gasteiger partial charge on any atom is 0.134 e. The van der Waals surface area contributed by atoms with E-state index in [-0.39, 0.29) is 20.1 Å². The highest BCUT2D eigenvalue weighted by Gasteiger charge is 2.17. The molecule has 1 aromatic carbocycles. The van der Waals surface area contributed by atoms with Gasteiger partial charge in [0.1, 0.15) is 4.84 Å². The lowest BCUT2D eigenvalue weighted by atomic mass is 10.2. The maximum atomic E-state index is 5.79. The van der Waals surface area contributed by atoms with E-state index in [1.165, 1.54) is 0 Å². The smallest absolute Gasteiger partial charge is 0.1000 e.